The molecule has 3 N–H and O–H groups in total. The fourth-order valence-corrected chi connectivity index (χ4v) is 1.96. The molecule has 0 saturated heterocycles. The molecule has 0 aliphatic rings. The maximum atomic E-state index is 9.17. The molecule has 0 bridgehead atoms. The highest BCUT2D eigenvalue weighted by atomic mass is 16.3. The topological polar surface area (TPSA) is 49.5 Å². The molecule has 0 spiro atoms. The Balaban J connectivity index is 2.83. The van der Waals surface area contributed by atoms with E-state index in [0.717, 1.165) is 6.54 Å². The summed E-state index contributed by atoms with van der Waals surface area (Å²) in [4.78, 5) is 2.15. The predicted octanol–water partition coefficient (Wildman–Crippen LogP) is 1.22. The Kier molecular flexibility index (Phi) is 5.12. The molecule has 0 radical (unpaired) electrons. The van der Waals surface area contributed by atoms with Crippen molar-refractivity contribution in [3.8, 4) is 0 Å². The summed E-state index contributed by atoms with van der Waals surface area (Å²) >= 11 is 0. The van der Waals surface area contributed by atoms with Crippen LogP contribution in [0.4, 0.5) is 0 Å². The molecule has 2 unspecified atom stereocenters. The summed E-state index contributed by atoms with van der Waals surface area (Å²) < 4.78 is 0. The van der Waals surface area contributed by atoms with Crippen LogP contribution in [0.3, 0.4) is 0 Å². The van der Waals surface area contributed by atoms with Gasteiger partial charge in [0.25, 0.3) is 0 Å². The van der Waals surface area contributed by atoms with Crippen molar-refractivity contribution < 1.29 is 5.11 Å². The lowest BCUT2D eigenvalue weighted by atomic mass is 9.82. The van der Waals surface area contributed by atoms with Gasteiger partial charge in [0.15, 0.2) is 0 Å². The summed E-state index contributed by atoms with van der Waals surface area (Å²) in [5, 5.41) is 9.17. The van der Waals surface area contributed by atoms with Crippen molar-refractivity contribution in [1.29, 1.82) is 0 Å². The summed E-state index contributed by atoms with van der Waals surface area (Å²) in [7, 11) is 2.03. The normalized spacial score (nSPS) is 16.8. The van der Waals surface area contributed by atoms with Crippen LogP contribution in [0.1, 0.15) is 19.4 Å². The third-order valence-corrected chi connectivity index (χ3v) is 3.54. The second kappa shape index (κ2) is 6.15. The van der Waals surface area contributed by atoms with E-state index < -0.39 is 0 Å². The van der Waals surface area contributed by atoms with E-state index in [0.29, 0.717) is 6.54 Å². The van der Waals surface area contributed by atoms with Gasteiger partial charge >= 0.3 is 0 Å². The van der Waals surface area contributed by atoms with Crippen LogP contribution in [0.25, 0.3) is 0 Å². The summed E-state index contributed by atoms with van der Waals surface area (Å²) in [6.45, 7) is 5.80. The van der Waals surface area contributed by atoms with E-state index in [-0.39, 0.29) is 18.1 Å². The van der Waals surface area contributed by atoms with Crippen LogP contribution in [-0.2, 0) is 5.41 Å². The Labute approximate surface area is 104 Å². The smallest absolute Gasteiger partial charge is 0.0584 e. The standard InChI is InChI=1S/C14H24N2O/c1-12(9-17)16(3)11-14(2,10-15)13-7-5-4-6-8-13/h4-8,12,17H,9-11,15H2,1-3H3. The molecule has 0 aromatic heterocycles. The molecule has 0 aliphatic heterocycles. The second-order valence-electron chi connectivity index (χ2n) is 5.08. The number of aliphatic hydroxyl groups excluding tert-OH is 1. The molecule has 96 valence electrons. The highest BCUT2D eigenvalue weighted by Crippen LogP contribution is 2.23. The van der Waals surface area contributed by atoms with Gasteiger partial charge in [-0.05, 0) is 19.5 Å². The molecule has 3 nitrogen and oxygen atoms in total. The maximum absolute atomic E-state index is 9.17. The number of rotatable bonds is 6. The number of likely N-dealkylation sites (N-methyl/N-ethyl adjacent to an activating group) is 1. The van der Waals surface area contributed by atoms with Crippen molar-refractivity contribution in [3.05, 3.63) is 35.9 Å². The highest BCUT2D eigenvalue weighted by Gasteiger charge is 2.27. The first kappa shape index (κ1) is 14.2. The van der Waals surface area contributed by atoms with Crippen molar-refractivity contribution in [2.24, 2.45) is 5.73 Å². The van der Waals surface area contributed by atoms with E-state index in [4.69, 9.17) is 5.73 Å². The first-order valence-corrected chi connectivity index (χ1v) is 6.10. The summed E-state index contributed by atoms with van der Waals surface area (Å²) in [6.07, 6.45) is 0. The molecule has 1 aromatic rings. The van der Waals surface area contributed by atoms with Crippen LogP contribution in [0.5, 0.6) is 0 Å². The van der Waals surface area contributed by atoms with Crippen LogP contribution < -0.4 is 5.73 Å². The molecule has 3 heteroatoms. The Hall–Kier alpha value is -0.900. The molecule has 0 amide bonds. The van der Waals surface area contributed by atoms with Gasteiger partial charge in [0, 0.05) is 24.5 Å². The fourth-order valence-electron chi connectivity index (χ4n) is 1.96. The molecule has 0 aliphatic carbocycles. The SMILES string of the molecule is CC(CO)N(C)CC(C)(CN)c1ccccc1. The van der Waals surface area contributed by atoms with Crippen molar-refractivity contribution in [2.45, 2.75) is 25.3 Å². The molecule has 0 saturated carbocycles. The van der Waals surface area contributed by atoms with Crippen LogP contribution in [-0.4, -0.2) is 42.8 Å². The molecule has 17 heavy (non-hydrogen) atoms. The molecule has 1 aromatic carbocycles. The first-order valence-electron chi connectivity index (χ1n) is 6.10. The molecule has 1 rings (SSSR count). The largest absolute Gasteiger partial charge is 0.395 e. The van der Waals surface area contributed by atoms with E-state index in [1.165, 1.54) is 5.56 Å². The quantitative estimate of drug-likeness (QED) is 0.780. The first-order chi connectivity index (χ1) is 8.03. The third-order valence-electron chi connectivity index (χ3n) is 3.54. The fraction of sp³-hybridized carbons (Fsp3) is 0.571. The molecular formula is C14H24N2O. The van der Waals surface area contributed by atoms with E-state index in [1.807, 2.05) is 32.2 Å². The van der Waals surface area contributed by atoms with Gasteiger partial charge in [-0.3, -0.25) is 0 Å². The number of benzene rings is 1. The average molecular weight is 236 g/mol. The van der Waals surface area contributed by atoms with Crippen LogP contribution >= 0.6 is 0 Å². The Morgan fingerprint density at radius 2 is 1.94 bits per heavy atom. The van der Waals surface area contributed by atoms with E-state index in [1.54, 1.807) is 0 Å². The van der Waals surface area contributed by atoms with Crippen molar-refractivity contribution in [3.63, 3.8) is 0 Å². The van der Waals surface area contributed by atoms with Gasteiger partial charge in [-0.15, -0.1) is 0 Å². The van der Waals surface area contributed by atoms with Gasteiger partial charge in [0.1, 0.15) is 0 Å². The number of hydrogen-bond donors (Lipinski definition) is 2. The monoisotopic (exact) mass is 236 g/mol. The van der Waals surface area contributed by atoms with E-state index in [9.17, 15) is 5.11 Å². The van der Waals surface area contributed by atoms with Gasteiger partial charge in [-0.1, -0.05) is 37.3 Å². The molecule has 2 atom stereocenters. The zero-order valence-electron chi connectivity index (χ0n) is 11.1. The van der Waals surface area contributed by atoms with E-state index in [2.05, 4.69) is 24.0 Å². The summed E-state index contributed by atoms with van der Waals surface area (Å²) in [6, 6.07) is 10.5. The zero-order chi connectivity index (χ0) is 12.9. The number of nitrogens with two attached hydrogens (primary N) is 1. The lowest BCUT2D eigenvalue weighted by Crippen LogP contribution is -2.46. The van der Waals surface area contributed by atoms with Gasteiger partial charge in [-0.25, -0.2) is 0 Å². The molecular weight excluding hydrogens is 212 g/mol. The van der Waals surface area contributed by atoms with Crippen molar-refractivity contribution in [2.75, 3.05) is 26.7 Å². The minimum Gasteiger partial charge on any atom is -0.395 e. The predicted molar refractivity (Wildman–Crippen MR) is 72.0 cm³/mol. The van der Waals surface area contributed by atoms with Crippen LogP contribution in [0.2, 0.25) is 0 Å². The molecule has 0 fully saturated rings. The van der Waals surface area contributed by atoms with Crippen molar-refractivity contribution in [1.82, 2.24) is 4.90 Å². The highest BCUT2D eigenvalue weighted by molar-refractivity contribution is 5.25. The average Bonchev–Trinajstić information content (AvgIpc) is 2.38. The number of hydrogen-bond acceptors (Lipinski definition) is 3. The number of aliphatic hydroxyl groups is 1. The number of nitrogens with zero attached hydrogens (tertiary/aromatic N) is 1. The van der Waals surface area contributed by atoms with Gasteiger partial charge in [0.05, 0.1) is 6.61 Å². The Morgan fingerprint density at radius 1 is 1.35 bits per heavy atom. The van der Waals surface area contributed by atoms with Gasteiger partial charge in [-0.2, -0.15) is 0 Å². The lowest BCUT2D eigenvalue weighted by molar-refractivity contribution is 0.137. The second-order valence-corrected chi connectivity index (χ2v) is 5.08. The minimum atomic E-state index is -0.0700. The van der Waals surface area contributed by atoms with Crippen molar-refractivity contribution >= 4 is 0 Å². The van der Waals surface area contributed by atoms with E-state index >= 15 is 0 Å². The Morgan fingerprint density at radius 3 is 2.41 bits per heavy atom. The lowest BCUT2D eigenvalue weighted by Gasteiger charge is -2.35. The van der Waals surface area contributed by atoms with Crippen LogP contribution in [0.15, 0.2) is 30.3 Å². The Bertz CT molecular complexity index is 328. The summed E-state index contributed by atoms with van der Waals surface area (Å²) in [5.74, 6) is 0. The van der Waals surface area contributed by atoms with Gasteiger partial charge < -0.3 is 15.7 Å². The molecule has 0 heterocycles. The minimum absolute atomic E-state index is 0.0700. The maximum Gasteiger partial charge on any atom is 0.0584 e. The van der Waals surface area contributed by atoms with Crippen LogP contribution in [0, 0.1) is 0 Å². The third kappa shape index (κ3) is 3.53. The summed E-state index contributed by atoms with van der Waals surface area (Å²) in [5.41, 5.74) is 7.12. The zero-order valence-corrected chi connectivity index (χ0v) is 11.1. The van der Waals surface area contributed by atoms with Gasteiger partial charge in [0.2, 0.25) is 0 Å².